The fraction of sp³-hybridized carbons (Fsp3) is 0.690. The van der Waals surface area contributed by atoms with Crippen LogP contribution in [0.15, 0.2) is 30.3 Å². The number of rotatable bonds is 9. The molecule has 3 saturated heterocycles. The summed E-state index contributed by atoms with van der Waals surface area (Å²) >= 11 is 0. The zero-order chi connectivity index (χ0) is 27.2. The normalized spacial score (nSPS) is 30.9. The molecule has 1 spiro atoms. The quantitative estimate of drug-likeness (QED) is 0.469. The maximum Gasteiger partial charge on any atom is 0.246 e. The van der Waals surface area contributed by atoms with Gasteiger partial charge in [-0.15, -0.1) is 0 Å². The number of hydrogen-bond acceptors (Lipinski definition) is 5. The van der Waals surface area contributed by atoms with E-state index in [1.807, 2.05) is 51.1 Å². The maximum atomic E-state index is 14.0. The summed E-state index contributed by atoms with van der Waals surface area (Å²) in [7, 11) is 0. The van der Waals surface area contributed by atoms with Crippen LogP contribution in [-0.4, -0.2) is 63.7 Å². The van der Waals surface area contributed by atoms with Crippen molar-refractivity contribution in [2.75, 3.05) is 18.5 Å². The second-order valence-corrected chi connectivity index (χ2v) is 12.9. The number of carbonyl (C=O) groups excluding carboxylic acids is 3. The van der Waals surface area contributed by atoms with Crippen molar-refractivity contribution in [2.24, 2.45) is 17.3 Å². The van der Waals surface area contributed by atoms with Crippen LogP contribution in [0.4, 0.5) is 5.69 Å². The van der Waals surface area contributed by atoms with Crippen LogP contribution in [0.2, 0.25) is 0 Å². The molecule has 2 bridgehead atoms. The first kappa shape index (κ1) is 27.6. The second kappa shape index (κ2) is 9.70. The van der Waals surface area contributed by atoms with Crippen molar-refractivity contribution in [1.82, 2.24) is 10.2 Å². The smallest absolute Gasteiger partial charge is 0.246 e. The molecule has 204 valence electrons. The average molecular weight is 514 g/mol. The molecule has 3 N–H and O–H groups in total. The molecule has 0 aromatic heterocycles. The van der Waals surface area contributed by atoms with Crippen molar-refractivity contribution >= 4 is 23.4 Å². The Morgan fingerprint density at radius 1 is 1.11 bits per heavy atom. The molecule has 0 aliphatic carbocycles. The van der Waals surface area contributed by atoms with Gasteiger partial charge in [-0.3, -0.25) is 14.4 Å². The first-order valence-electron chi connectivity index (χ1n) is 13.6. The molecule has 8 nitrogen and oxygen atoms in total. The van der Waals surface area contributed by atoms with Gasteiger partial charge in [-0.2, -0.15) is 0 Å². The van der Waals surface area contributed by atoms with Crippen molar-refractivity contribution < 1.29 is 24.2 Å². The van der Waals surface area contributed by atoms with Crippen LogP contribution in [0.5, 0.6) is 0 Å². The molecule has 3 aliphatic heterocycles. The summed E-state index contributed by atoms with van der Waals surface area (Å²) in [5.41, 5.74) is -1.70. The van der Waals surface area contributed by atoms with Gasteiger partial charge in [0.25, 0.3) is 0 Å². The SMILES string of the molecule is CC[C@@]12CCC3(O1)C(C(=O)NC(C)(C)CC(C)(C)C)N(CCCO)C(=O)[C@@H]3[C@@H]2C(=O)Nc1ccccc1. The van der Waals surface area contributed by atoms with E-state index in [1.165, 1.54) is 0 Å². The lowest BCUT2D eigenvalue weighted by atomic mass is 9.65. The zero-order valence-corrected chi connectivity index (χ0v) is 23.1. The number of hydrogen-bond donors (Lipinski definition) is 3. The number of aliphatic hydroxyl groups excluding tert-OH is 1. The average Bonchev–Trinajstić information content (AvgIpc) is 3.40. The Morgan fingerprint density at radius 2 is 1.78 bits per heavy atom. The molecule has 2 unspecified atom stereocenters. The number of amides is 3. The van der Waals surface area contributed by atoms with Crippen LogP contribution in [0, 0.1) is 17.3 Å². The molecule has 3 amide bonds. The topological polar surface area (TPSA) is 108 Å². The molecule has 37 heavy (non-hydrogen) atoms. The van der Waals surface area contributed by atoms with Crippen LogP contribution in [0.1, 0.15) is 73.6 Å². The molecular formula is C29H43N3O5. The lowest BCUT2D eigenvalue weighted by Gasteiger charge is -2.38. The summed E-state index contributed by atoms with van der Waals surface area (Å²) in [4.78, 5) is 43.3. The third kappa shape index (κ3) is 4.90. The highest BCUT2D eigenvalue weighted by atomic mass is 16.5. The van der Waals surface area contributed by atoms with Crippen LogP contribution in [-0.2, 0) is 19.1 Å². The highest BCUT2D eigenvalue weighted by Gasteiger charge is 2.78. The predicted molar refractivity (Wildman–Crippen MR) is 142 cm³/mol. The summed E-state index contributed by atoms with van der Waals surface area (Å²) in [6, 6.07) is 8.36. The lowest BCUT2D eigenvalue weighted by Crippen LogP contribution is -2.59. The summed E-state index contributed by atoms with van der Waals surface area (Å²) < 4.78 is 6.78. The first-order chi connectivity index (χ1) is 17.3. The standard InChI is InChI=1S/C29H43N3O5/c1-7-28-14-15-29(37-28)21(20(28)23(34)30-19-12-9-8-10-13-19)25(36)32(16-11-17-33)22(29)24(35)31-27(5,6)18-26(2,3)4/h8-10,12-13,20-22,33H,7,11,14-18H2,1-6H3,(H,30,34)(H,31,35)/t20-,21+,22?,28+,29?/m1/s1. The summed E-state index contributed by atoms with van der Waals surface area (Å²) in [5.74, 6) is -2.17. The molecule has 3 fully saturated rings. The largest absolute Gasteiger partial charge is 0.396 e. The molecule has 0 radical (unpaired) electrons. The van der Waals surface area contributed by atoms with Gasteiger partial charge in [-0.1, -0.05) is 45.9 Å². The van der Waals surface area contributed by atoms with Crippen molar-refractivity contribution in [1.29, 1.82) is 0 Å². The molecule has 1 aromatic rings. The number of likely N-dealkylation sites (tertiary alicyclic amines) is 1. The van der Waals surface area contributed by atoms with Gasteiger partial charge in [0.2, 0.25) is 17.7 Å². The Kier molecular flexibility index (Phi) is 7.23. The minimum atomic E-state index is -1.07. The molecule has 5 atom stereocenters. The summed E-state index contributed by atoms with van der Waals surface area (Å²) in [6.45, 7) is 12.5. The van der Waals surface area contributed by atoms with Crippen molar-refractivity contribution in [3.63, 3.8) is 0 Å². The number of benzene rings is 1. The molecule has 4 rings (SSSR count). The highest BCUT2D eigenvalue weighted by molar-refractivity contribution is 6.02. The summed E-state index contributed by atoms with van der Waals surface area (Å²) in [6.07, 6.45) is 2.83. The van der Waals surface area contributed by atoms with Gasteiger partial charge in [0.05, 0.1) is 17.4 Å². The predicted octanol–water partition coefficient (Wildman–Crippen LogP) is 3.49. The van der Waals surface area contributed by atoms with Crippen LogP contribution in [0.25, 0.3) is 0 Å². The maximum absolute atomic E-state index is 14.0. The van der Waals surface area contributed by atoms with E-state index in [9.17, 15) is 19.5 Å². The number of ether oxygens (including phenoxy) is 1. The number of anilines is 1. The first-order valence-corrected chi connectivity index (χ1v) is 13.6. The Hall–Kier alpha value is -2.45. The van der Waals surface area contributed by atoms with Gasteiger partial charge in [0.1, 0.15) is 11.6 Å². The van der Waals surface area contributed by atoms with Crippen molar-refractivity contribution in [3.8, 4) is 0 Å². The van der Waals surface area contributed by atoms with Crippen molar-refractivity contribution in [3.05, 3.63) is 30.3 Å². The van der Waals surface area contributed by atoms with Crippen molar-refractivity contribution in [2.45, 2.75) is 96.4 Å². The molecule has 3 heterocycles. The summed E-state index contributed by atoms with van der Waals surface area (Å²) in [5, 5.41) is 15.7. The number of nitrogens with zero attached hydrogens (tertiary/aromatic N) is 1. The second-order valence-electron chi connectivity index (χ2n) is 12.9. The molecule has 3 aliphatic rings. The Labute approximate surface area is 220 Å². The third-order valence-electron chi connectivity index (χ3n) is 8.24. The number of carbonyl (C=O) groups is 3. The Balaban J connectivity index is 1.70. The fourth-order valence-corrected chi connectivity index (χ4v) is 7.41. The van der Waals surface area contributed by atoms with Gasteiger partial charge in [-0.25, -0.2) is 0 Å². The number of fused-ring (bicyclic) bond motifs is 1. The van der Waals surface area contributed by atoms with E-state index in [1.54, 1.807) is 4.90 Å². The highest BCUT2D eigenvalue weighted by Crippen LogP contribution is 2.64. The Morgan fingerprint density at radius 3 is 2.38 bits per heavy atom. The molecular weight excluding hydrogens is 470 g/mol. The van der Waals surface area contributed by atoms with Gasteiger partial charge in [0.15, 0.2) is 0 Å². The van der Waals surface area contributed by atoms with E-state index < -0.39 is 34.6 Å². The number of para-hydroxylation sites is 1. The van der Waals surface area contributed by atoms with Crippen LogP contribution < -0.4 is 10.6 Å². The zero-order valence-electron chi connectivity index (χ0n) is 23.1. The number of nitrogens with one attached hydrogen (secondary N) is 2. The minimum Gasteiger partial charge on any atom is -0.396 e. The van der Waals surface area contributed by atoms with E-state index in [4.69, 9.17) is 4.74 Å². The van der Waals surface area contributed by atoms with Gasteiger partial charge < -0.3 is 25.4 Å². The Bertz CT molecular complexity index is 1040. The third-order valence-corrected chi connectivity index (χ3v) is 8.24. The molecule has 1 aromatic carbocycles. The van der Waals surface area contributed by atoms with Gasteiger partial charge >= 0.3 is 0 Å². The van der Waals surface area contributed by atoms with E-state index in [-0.39, 0.29) is 36.3 Å². The van der Waals surface area contributed by atoms with E-state index in [2.05, 4.69) is 31.4 Å². The van der Waals surface area contributed by atoms with Gasteiger partial charge in [0, 0.05) is 24.4 Å². The van der Waals surface area contributed by atoms with E-state index in [0.717, 1.165) is 6.42 Å². The number of aliphatic hydroxyl groups is 1. The van der Waals surface area contributed by atoms with Gasteiger partial charge in [-0.05, 0) is 63.5 Å². The van der Waals surface area contributed by atoms with Crippen LogP contribution in [0.3, 0.4) is 0 Å². The van der Waals surface area contributed by atoms with E-state index >= 15 is 0 Å². The molecule has 0 saturated carbocycles. The molecule has 8 heteroatoms. The monoisotopic (exact) mass is 513 g/mol. The lowest BCUT2D eigenvalue weighted by molar-refractivity contribution is -0.147. The fourth-order valence-electron chi connectivity index (χ4n) is 7.41. The minimum absolute atomic E-state index is 0.00508. The van der Waals surface area contributed by atoms with E-state index in [0.29, 0.717) is 31.4 Å². The van der Waals surface area contributed by atoms with Crippen LogP contribution >= 0.6 is 0 Å².